The van der Waals surface area contributed by atoms with Gasteiger partial charge in [-0.25, -0.2) is 15.0 Å². The summed E-state index contributed by atoms with van der Waals surface area (Å²) in [6.45, 7) is 4.33. The van der Waals surface area contributed by atoms with Gasteiger partial charge in [0.25, 0.3) is 5.56 Å². The number of H-pyrrole nitrogens is 2. The highest BCUT2D eigenvalue weighted by Gasteiger charge is 2.08. The van der Waals surface area contributed by atoms with E-state index in [-0.39, 0.29) is 5.56 Å². The van der Waals surface area contributed by atoms with Gasteiger partial charge in [-0.15, -0.1) is 0 Å². The molecule has 2 aromatic carbocycles. The number of nitrogens with two attached hydrogens (primary N) is 1. The first-order chi connectivity index (χ1) is 15.6. The summed E-state index contributed by atoms with van der Waals surface area (Å²) < 4.78 is 0. The van der Waals surface area contributed by atoms with E-state index in [4.69, 9.17) is 17.3 Å². The zero-order chi connectivity index (χ0) is 22.9. The van der Waals surface area contributed by atoms with Gasteiger partial charge in [-0.2, -0.15) is 0 Å². The van der Waals surface area contributed by atoms with Gasteiger partial charge in [-0.05, 0) is 30.3 Å². The molecule has 8 nitrogen and oxygen atoms in total. The van der Waals surface area contributed by atoms with Crippen LogP contribution < -0.4 is 16.6 Å². The highest BCUT2D eigenvalue weighted by Crippen LogP contribution is 2.19. The summed E-state index contributed by atoms with van der Waals surface area (Å²) in [5.41, 5.74) is 7.23. The van der Waals surface area contributed by atoms with Crippen LogP contribution in [0.15, 0.2) is 71.9 Å². The van der Waals surface area contributed by atoms with Crippen LogP contribution in [0.3, 0.4) is 0 Å². The van der Waals surface area contributed by atoms with E-state index in [0.717, 1.165) is 16.7 Å². The second-order valence-electron chi connectivity index (χ2n) is 6.37. The van der Waals surface area contributed by atoms with E-state index in [1.54, 1.807) is 24.4 Å². The lowest BCUT2D eigenvalue weighted by Crippen LogP contribution is -2.15. The van der Waals surface area contributed by atoms with Crippen molar-refractivity contribution in [3.05, 3.63) is 88.3 Å². The van der Waals surface area contributed by atoms with Crippen LogP contribution in [0.4, 0.5) is 11.5 Å². The minimum Gasteiger partial charge on any atom is -0.399 e. The van der Waals surface area contributed by atoms with Crippen LogP contribution in [0.25, 0.3) is 21.9 Å². The third-order valence-electron chi connectivity index (χ3n) is 4.31. The molecule has 0 aliphatic carbocycles. The summed E-state index contributed by atoms with van der Waals surface area (Å²) in [5, 5.41) is 4.82. The molecule has 0 atom stereocenters. The molecular weight excluding hydrogens is 426 g/mol. The molecule has 0 bridgehead atoms. The van der Waals surface area contributed by atoms with Crippen molar-refractivity contribution in [2.45, 2.75) is 20.4 Å². The van der Waals surface area contributed by atoms with E-state index >= 15 is 0 Å². The van der Waals surface area contributed by atoms with E-state index in [1.165, 1.54) is 6.33 Å². The summed E-state index contributed by atoms with van der Waals surface area (Å²) >= 11 is 6.04. The number of hydrogen-bond acceptors (Lipinski definition) is 6. The minimum absolute atomic E-state index is 0.258. The molecule has 3 aromatic heterocycles. The normalized spacial score (nSPS) is 10.1. The van der Waals surface area contributed by atoms with Crippen molar-refractivity contribution < 1.29 is 0 Å². The fourth-order valence-corrected chi connectivity index (χ4v) is 3.17. The lowest BCUT2D eigenvalue weighted by atomic mass is 10.2. The Bertz CT molecular complexity index is 1350. The van der Waals surface area contributed by atoms with Crippen molar-refractivity contribution in [2.75, 3.05) is 11.1 Å². The van der Waals surface area contributed by atoms with E-state index < -0.39 is 0 Å². The predicted molar refractivity (Wildman–Crippen MR) is 131 cm³/mol. The topological polar surface area (TPSA) is 125 Å². The zero-order valence-corrected chi connectivity index (χ0v) is 18.5. The highest BCUT2D eigenvalue weighted by atomic mass is 35.5. The number of halogens is 1. The average molecular weight is 450 g/mol. The molecule has 5 aromatic rings. The first kappa shape index (κ1) is 22.8. The van der Waals surface area contributed by atoms with Crippen molar-refractivity contribution in [3.63, 3.8) is 0 Å². The number of rotatable bonds is 3. The molecule has 5 rings (SSSR count). The van der Waals surface area contributed by atoms with Gasteiger partial charge in [-0.1, -0.05) is 49.7 Å². The summed E-state index contributed by atoms with van der Waals surface area (Å²) in [4.78, 5) is 30.7. The SMILES string of the molecule is CC.Nc1ccccc1.O=c1[nH]c(CNc2ncnc3[nH]ccc23)nc2cccc(Cl)c12. The van der Waals surface area contributed by atoms with E-state index in [2.05, 4.69) is 30.2 Å². The number of aromatic amines is 2. The Morgan fingerprint density at radius 3 is 2.53 bits per heavy atom. The third-order valence-corrected chi connectivity index (χ3v) is 4.62. The maximum absolute atomic E-state index is 12.2. The number of para-hydroxylation sites is 1. The monoisotopic (exact) mass is 449 g/mol. The van der Waals surface area contributed by atoms with Crippen molar-refractivity contribution >= 4 is 45.0 Å². The molecule has 0 saturated heterocycles. The summed E-state index contributed by atoms with van der Waals surface area (Å²) in [6, 6.07) is 16.6. The maximum atomic E-state index is 12.2. The molecule has 0 aliphatic rings. The zero-order valence-electron chi connectivity index (χ0n) is 17.8. The lowest BCUT2D eigenvalue weighted by Gasteiger charge is -2.07. The number of aromatic nitrogens is 5. The number of nitrogens with zero attached hydrogens (tertiary/aromatic N) is 3. The Morgan fingerprint density at radius 1 is 1.03 bits per heavy atom. The Hall–Kier alpha value is -3.91. The van der Waals surface area contributed by atoms with Gasteiger partial charge in [0, 0.05) is 11.9 Å². The van der Waals surface area contributed by atoms with Crippen molar-refractivity contribution in [3.8, 4) is 0 Å². The molecule has 0 fully saturated rings. The molecule has 0 unspecified atom stereocenters. The lowest BCUT2D eigenvalue weighted by molar-refractivity contribution is 0.946. The third kappa shape index (κ3) is 5.41. The standard InChI is InChI=1S/C15H11ClN6O.C6H7N.C2H6/c16-9-2-1-3-10-12(9)15(23)22-11(21-10)6-18-14-8-4-5-17-13(8)19-7-20-14;7-6-4-2-1-3-5-6;1-2/h1-5,7H,6H2,(H,21,22,23)(H2,17,18,19,20);1-5H,7H2;1-2H3. The Morgan fingerprint density at radius 2 is 1.81 bits per heavy atom. The molecule has 5 N–H and O–H groups in total. The predicted octanol–water partition coefficient (Wildman–Crippen LogP) is 4.75. The summed E-state index contributed by atoms with van der Waals surface area (Å²) in [7, 11) is 0. The van der Waals surface area contributed by atoms with Crippen molar-refractivity contribution in [1.29, 1.82) is 0 Å². The van der Waals surface area contributed by atoms with Gasteiger partial charge in [-0.3, -0.25) is 4.79 Å². The number of anilines is 2. The molecule has 0 amide bonds. The van der Waals surface area contributed by atoms with Crippen molar-refractivity contribution in [2.24, 2.45) is 0 Å². The summed E-state index contributed by atoms with van der Waals surface area (Å²) in [6.07, 6.45) is 3.26. The molecule has 0 saturated carbocycles. The number of hydrogen-bond donors (Lipinski definition) is 4. The minimum atomic E-state index is -0.258. The van der Waals surface area contributed by atoms with Crippen LogP contribution in [-0.4, -0.2) is 24.9 Å². The van der Waals surface area contributed by atoms with Crippen LogP contribution in [0.1, 0.15) is 19.7 Å². The van der Waals surface area contributed by atoms with Gasteiger partial charge in [0.1, 0.15) is 23.6 Å². The second kappa shape index (κ2) is 10.9. The molecule has 9 heteroatoms. The second-order valence-corrected chi connectivity index (χ2v) is 6.78. The van der Waals surface area contributed by atoms with E-state index in [9.17, 15) is 4.79 Å². The Kier molecular flexibility index (Phi) is 7.77. The molecule has 3 heterocycles. The van der Waals surface area contributed by atoms with Crippen LogP contribution in [0, 0.1) is 0 Å². The van der Waals surface area contributed by atoms with E-state index in [1.807, 2.05) is 50.2 Å². The number of nitrogens with one attached hydrogen (secondary N) is 3. The molecule has 0 aliphatic heterocycles. The largest absolute Gasteiger partial charge is 0.399 e. The Labute approximate surface area is 189 Å². The van der Waals surface area contributed by atoms with E-state index in [0.29, 0.717) is 34.1 Å². The van der Waals surface area contributed by atoms with Gasteiger partial charge >= 0.3 is 0 Å². The fourth-order valence-electron chi connectivity index (χ4n) is 2.92. The molecule has 32 heavy (non-hydrogen) atoms. The first-order valence-electron chi connectivity index (χ1n) is 10.1. The van der Waals surface area contributed by atoms with Gasteiger partial charge in [0.15, 0.2) is 0 Å². The Balaban J connectivity index is 0.000000272. The summed E-state index contributed by atoms with van der Waals surface area (Å²) in [5.74, 6) is 1.18. The average Bonchev–Trinajstić information content (AvgIpc) is 3.29. The first-order valence-corrected chi connectivity index (χ1v) is 10.5. The smallest absolute Gasteiger partial charge is 0.260 e. The van der Waals surface area contributed by atoms with Crippen LogP contribution in [-0.2, 0) is 6.54 Å². The fraction of sp³-hybridized carbons (Fsp3) is 0.130. The van der Waals surface area contributed by atoms with Gasteiger partial charge in [0.05, 0.1) is 27.9 Å². The van der Waals surface area contributed by atoms with Crippen LogP contribution in [0.2, 0.25) is 5.02 Å². The molecule has 164 valence electrons. The molecule has 0 radical (unpaired) electrons. The number of benzene rings is 2. The van der Waals surface area contributed by atoms with Crippen LogP contribution >= 0.6 is 11.6 Å². The number of fused-ring (bicyclic) bond motifs is 2. The van der Waals surface area contributed by atoms with Crippen molar-refractivity contribution in [1.82, 2.24) is 24.9 Å². The maximum Gasteiger partial charge on any atom is 0.260 e. The molecule has 0 spiro atoms. The van der Waals surface area contributed by atoms with Crippen LogP contribution in [0.5, 0.6) is 0 Å². The van der Waals surface area contributed by atoms with Gasteiger partial charge < -0.3 is 21.0 Å². The molecular formula is C23H24ClN7O. The quantitative estimate of drug-likeness (QED) is 0.294. The highest BCUT2D eigenvalue weighted by molar-refractivity contribution is 6.35. The number of nitrogen functional groups attached to an aromatic ring is 1. The van der Waals surface area contributed by atoms with Gasteiger partial charge in [0.2, 0.25) is 0 Å².